The normalized spacial score (nSPS) is 19.7. The molecule has 10 heteroatoms. The number of hydrogen-bond donors (Lipinski definition) is 2. The molecule has 2 aliphatic rings. The third-order valence-electron chi connectivity index (χ3n) is 4.31. The minimum Gasteiger partial charge on any atom is -0.379 e. The Bertz CT molecular complexity index is 720. The summed E-state index contributed by atoms with van der Waals surface area (Å²) in [5, 5.41) is 3.04. The van der Waals surface area contributed by atoms with Crippen LogP contribution in [0.1, 0.15) is 6.42 Å². The SMILES string of the molecule is O=S(=O)(NC1=NCN(CCCN2CCOCC2)CN1)c1ccc(Br)cc1. The highest BCUT2D eigenvalue weighted by Crippen LogP contribution is 2.14. The second-order valence-electron chi connectivity index (χ2n) is 6.24. The van der Waals surface area contributed by atoms with Gasteiger partial charge >= 0.3 is 0 Å². The number of nitrogens with one attached hydrogen (secondary N) is 2. The minimum absolute atomic E-state index is 0.207. The molecule has 0 saturated carbocycles. The summed E-state index contributed by atoms with van der Waals surface area (Å²) in [6.07, 6.45) is 1.05. The van der Waals surface area contributed by atoms with Gasteiger partial charge in [0, 0.05) is 24.1 Å². The summed E-state index contributed by atoms with van der Waals surface area (Å²) >= 11 is 3.30. The Labute approximate surface area is 162 Å². The molecule has 0 radical (unpaired) electrons. The standard InChI is InChI=1S/C16H24BrN5O3S/c17-14-2-4-15(5-3-14)26(23,24)20-16-18-12-22(13-19-16)7-1-6-21-8-10-25-11-9-21/h2-5H,1,6-13H2,(H2,18,19,20). The molecule has 2 heterocycles. The summed E-state index contributed by atoms with van der Waals surface area (Å²) in [5.74, 6) is 0.289. The van der Waals surface area contributed by atoms with Crippen molar-refractivity contribution in [2.24, 2.45) is 4.99 Å². The van der Waals surface area contributed by atoms with E-state index >= 15 is 0 Å². The zero-order chi connectivity index (χ0) is 18.4. The number of nitrogens with zero attached hydrogens (tertiary/aromatic N) is 3. The summed E-state index contributed by atoms with van der Waals surface area (Å²) in [6, 6.07) is 6.49. The average molecular weight is 446 g/mol. The summed E-state index contributed by atoms with van der Waals surface area (Å²) < 4.78 is 33.4. The van der Waals surface area contributed by atoms with Gasteiger partial charge in [0.05, 0.1) is 31.4 Å². The number of hydrogen-bond acceptors (Lipinski definition) is 7. The van der Waals surface area contributed by atoms with Crippen LogP contribution < -0.4 is 10.0 Å². The number of rotatable bonds is 6. The third kappa shape index (κ3) is 5.65. The first-order valence-electron chi connectivity index (χ1n) is 8.62. The smallest absolute Gasteiger partial charge is 0.264 e. The first-order valence-corrected chi connectivity index (χ1v) is 10.9. The van der Waals surface area contributed by atoms with E-state index in [1.54, 1.807) is 24.3 Å². The minimum atomic E-state index is -3.63. The fourth-order valence-corrected chi connectivity index (χ4v) is 4.09. The second kappa shape index (κ2) is 9.14. The molecule has 3 rings (SSSR count). The molecule has 0 amide bonds. The maximum Gasteiger partial charge on any atom is 0.264 e. The van der Waals surface area contributed by atoms with Crippen LogP contribution in [0.4, 0.5) is 0 Å². The third-order valence-corrected chi connectivity index (χ3v) is 6.19. The summed E-state index contributed by atoms with van der Waals surface area (Å²) in [4.78, 5) is 9.06. The highest BCUT2D eigenvalue weighted by Gasteiger charge is 2.19. The van der Waals surface area contributed by atoms with Gasteiger partial charge in [0.25, 0.3) is 10.0 Å². The Kier molecular flexibility index (Phi) is 6.87. The van der Waals surface area contributed by atoms with Crippen LogP contribution in [0.2, 0.25) is 0 Å². The lowest BCUT2D eigenvalue weighted by Gasteiger charge is -2.29. The number of morpholine rings is 1. The largest absolute Gasteiger partial charge is 0.379 e. The Balaban J connectivity index is 1.44. The quantitative estimate of drug-likeness (QED) is 0.667. The molecular weight excluding hydrogens is 422 g/mol. The van der Waals surface area contributed by atoms with Crippen molar-refractivity contribution >= 4 is 31.9 Å². The second-order valence-corrected chi connectivity index (χ2v) is 8.84. The predicted octanol–water partition coefficient (Wildman–Crippen LogP) is 0.626. The molecular formula is C16H24BrN5O3S. The number of benzene rings is 1. The maximum atomic E-state index is 12.4. The van der Waals surface area contributed by atoms with Crippen LogP contribution in [0, 0.1) is 0 Å². The predicted molar refractivity (Wildman–Crippen MR) is 103 cm³/mol. The molecule has 0 atom stereocenters. The molecule has 0 unspecified atom stereocenters. The van der Waals surface area contributed by atoms with Crippen molar-refractivity contribution < 1.29 is 13.2 Å². The van der Waals surface area contributed by atoms with E-state index in [2.05, 4.69) is 40.8 Å². The molecule has 8 nitrogen and oxygen atoms in total. The van der Waals surface area contributed by atoms with Gasteiger partial charge in [-0.05, 0) is 37.2 Å². The van der Waals surface area contributed by atoms with E-state index in [1.165, 1.54) is 0 Å². The van der Waals surface area contributed by atoms with Crippen LogP contribution in [0.15, 0.2) is 38.6 Å². The van der Waals surface area contributed by atoms with E-state index in [-0.39, 0.29) is 10.9 Å². The van der Waals surface area contributed by atoms with Gasteiger partial charge in [0.1, 0.15) is 0 Å². The molecule has 1 fully saturated rings. The van der Waals surface area contributed by atoms with Gasteiger partial charge in [-0.1, -0.05) is 15.9 Å². The topological polar surface area (TPSA) is 86.3 Å². The molecule has 144 valence electrons. The molecule has 1 aromatic carbocycles. The Morgan fingerprint density at radius 1 is 1.15 bits per heavy atom. The van der Waals surface area contributed by atoms with Crippen LogP contribution in [-0.2, 0) is 14.8 Å². The summed E-state index contributed by atoms with van der Waals surface area (Å²) in [5.41, 5.74) is 0. The lowest BCUT2D eigenvalue weighted by Crippen LogP contribution is -2.50. The Hall–Kier alpha value is -1.20. The molecule has 0 bridgehead atoms. The molecule has 1 saturated heterocycles. The van der Waals surface area contributed by atoms with Crippen molar-refractivity contribution in [3.8, 4) is 0 Å². The summed E-state index contributed by atoms with van der Waals surface area (Å²) in [6.45, 7) is 6.65. The van der Waals surface area contributed by atoms with Gasteiger partial charge in [0.15, 0.2) is 0 Å². The van der Waals surface area contributed by atoms with Crippen LogP contribution in [0.5, 0.6) is 0 Å². The molecule has 2 aliphatic heterocycles. The highest BCUT2D eigenvalue weighted by atomic mass is 79.9. The molecule has 0 aliphatic carbocycles. The van der Waals surface area contributed by atoms with Gasteiger partial charge in [-0.3, -0.25) is 9.80 Å². The molecule has 2 N–H and O–H groups in total. The van der Waals surface area contributed by atoms with Crippen LogP contribution in [-0.4, -0.2) is 76.9 Å². The van der Waals surface area contributed by atoms with Gasteiger partial charge < -0.3 is 10.1 Å². The first-order chi connectivity index (χ1) is 12.5. The molecule has 1 aromatic rings. The Morgan fingerprint density at radius 2 is 1.85 bits per heavy atom. The van der Waals surface area contributed by atoms with E-state index < -0.39 is 10.0 Å². The summed E-state index contributed by atoms with van der Waals surface area (Å²) in [7, 11) is -3.63. The number of halogens is 1. The maximum absolute atomic E-state index is 12.4. The molecule has 0 aromatic heterocycles. The van der Waals surface area contributed by atoms with Crippen molar-refractivity contribution in [1.29, 1.82) is 0 Å². The van der Waals surface area contributed by atoms with Crippen molar-refractivity contribution in [3.05, 3.63) is 28.7 Å². The first kappa shape index (κ1) is 19.6. The van der Waals surface area contributed by atoms with Gasteiger partial charge in [0.2, 0.25) is 5.96 Å². The van der Waals surface area contributed by atoms with Crippen molar-refractivity contribution in [2.45, 2.75) is 11.3 Å². The number of sulfonamides is 1. The van der Waals surface area contributed by atoms with E-state index in [9.17, 15) is 8.42 Å². The van der Waals surface area contributed by atoms with Crippen molar-refractivity contribution in [1.82, 2.24) is 19.8 Å². The van der Waals surface area contributed by atoms with Gasteiger partial charge in [-0.15, -0.1) is 0 Å². The fourth-order valence-electron chi connectivity index (χ4n) is 2.82. The lowest BCUT2D eigenvalue weighted by atomic mass is 10.3. The fraction of sp³-hybridized carbons (Fsp3) is 0.562. The van der Waals surface area contributed by atoms with Crippen LogP contribution in [0.3, 0.4) is 0 Å². The molecule has 26 heavy (non-hydrogen) atoms. The van der Waals surface area contributed by atoms with E-state index in [0.717, 1.165) is 50.3 Å². The molecule has 0 spiro atoms. The number of aliphatic imine (C=N–C) groups is 1. The van der Waals surface area contributed by atoms with Crippen LogP contribution in [0.25, 0.3) is 0 Å². The Morgan fingerprint density at radius 3 is 2.50 bits per heavy atom. The van der Waals surface area contributed by atoms with Crippen LogP contribution >= 0.6 is 15.9 Å². The van der Waals surface area contributed by atoms with Gasteiger partial charge in [-0.2, -0.15) is 0 Å². The zero-order valence-corrected chi connectivity index (χ0v) is 16.9. The number of guanidine groups is 1. The van der Waals surface area contributed by atoms with Crippen molar-refractivity contribution in [3.63, 3.8) is 0 Å². The van der Waals surface area contributed by atoms with Gasteiger partial charge in [-0.25, -0.2) is 18.1 Å². The van der Waals surface area contributed by atoms with E-state index in [0.29, 0.717) is 13.3 Å². The average Bonchev–Trinajstić information content (AvgIpc) is 2.64. The lowest BCUT2D eigenvalue weighted by molar-refractivity contribution is 0.0360. The van der Waals surface area contributed by atoms with Crippen molar-refractivity contribution in [2.75, 3.05) is 52.7 Å². The number of ether oxygens (including phenoxy) is 1. The monoisotopic (exact) mass is 445 g/mol. The van der Waals surface area contributed by atoms with E-state index in [1.807, 2.05) is 0 Å². The highest BCUT2D eigenvalue weighted by molar-refractivity contribution is 9.10. The zero-order valence-electron chi connectivity index (χ0n) is 14.5. The van der Waals surface area contributed by atoms with E-state index in [4.69, 9.17) is 4.74 Å².